The summed E-state index contributed by atoms with van der Waals surface area (Å²) in [6, 6.07) is 5.28. The van der Waals surface area contributed by atoms with Crippen molar-refractivity contribution >= 4 is 41.5 Å². The number of amides is 1. The van der Waals surface area contributed by atoms with Crippen molar-refractivity contribution < 1.29 is 4.79 Å². The minimum Gasteiger partial charge on any atom is -0.348 e. The number of piperidine rings is 1. The maximum absolute atomic E-state index is 12.1. The highest BCUT2D eigenvalue weighted by molar-refractivity contribution is 6.42. The summed E-state index contributed by atoms with van der Waals surface area (Å²) in [5, 5.41) is 7.28. The van der Waals surface area contributed by atoms with Gasteiger partial charge in [-0.25, -0.2) is 0 Å². The maximum atomic E-state index is 12.1. The summed E-state index contributed by atoms with van der Waals surface area (Å²) in [7, 11) is 0. The summed E-state index contributed by atoms with van der Waals surface area (Å²) in [4.78, 5) is 12.1. The second kappa shape index (κ2) is 8.08. The molecule has 0 aliphatic carbocycles. The Morgan fingerprint density at radius 1 is 1.35 bits per heavy atom. The number of halogens is 3. The first-order chi connectivity index (χ1) is 9.08. The van der Waals surface area contributed by atoms with Crippen LogP contribution < -0.4 is 10.6 Å². The molecule has 0 aromatic heterocycles. The largest absolute Gasteiger partial charge is 0.348 e. The Morgan fingerprint density at radius 3 is 2.70 bits per heavy atom. The molecule has 20 heavy (non-hydrogen) atoms. The van der Waals surface area contributed by atoms with Gasteiger partial charge in [-0.1, -0.05) is 35.7 Å². The molecule has 0 bridgehead atoms. The molecule has 1 heterocycles. The van der Waals surface area contributed by atoms with Gasteiger partial charge >= 0.3 is 0 Å². The van der Waals surface area contributed by atoms with Crippen LogP contribution in [-0.4, -0.2) is 18.5 Å². The van der Waals surface area contributed by atoms with Crippen LogP contribution in [0.25, 0.3) is 0 Å². The standard InChI is InChI=1S/C14H18Cl2N2O.ClH/c1-9(10-5-6-11(15)12(16)8-10)18-14(19)13-4-2-3-7-17-13;/h5-6,8-9,13,17H,2-4,7H2,1H3,(H,18,19);1H. The molecule has 112 valence electrons. The summed E-state index contributed by atoms with van der Waals surface area (Å²) in [5.74, 6) is 0.0540. The lowest BCUT2D eigenvalue weighted by atomic mass is 10.0. The second-order valence-corrected chi connectivity index (χ2v) is 5.72. The van der Waals surface area contributed by atoms with Crippen molar-refractivity contribution in [3.63, 3.8) is 0 Å². The van der Waals surface area contributed by atoms with Crippen molar-refractivity contribution in [1.29, 1.82) is 0 Å². The van der Waals surface area contributed by atoms with E-state index in [-0.39, 0.29) is 30.4 Å². The van der Waals surface area contributed by atoms with Gasteiger partial charge in [-0.05, 0) is 44.0 Å². The van der Waals surface area contributed by atoms with Gasteiger partial charge in [0.25, 0.3) is 0 Å². The van der Waals surface area contributed by atoms with E-state index in [9.17, 15) is 4.79 Å². The van der Waals surface area contributed by atoms with Crippen LogP contribution in [0.3, 0.4) is 0 Å². The number of hydrogen-bond donors (Lipinski definition) is 2. The van der Waals surface area contributed by atoms with Crippen LogP contribution >= 0.6 is 35.6 Å². The average molecular weight is 338 g/mol. The van der Waals surface area contributed by atoms with Crippen LogP contribution in [0.4, 0.5) is 0 Å². The van der Waals surface area contributed by atoms with Crippen molar-refractivity contribution in [2.75, 3.05) is 6.54 Å². The molecule has 6 heteroatoms. The zero-order valence-corrected chi connectivity index (χ0v) is 13.6. The van der Waals surface area contributed by atoms with Gasteiger partial charge in [0.2, 0.25) is 5.91 Å². The highest BCUT2D eigenvalue weighted by Gasteiger charge is 2.22. The lowest BCUT2D eigenvalue weighted by Gasteiger charge is -2.24. The third-order valence-electron chi connectivity index (χ3n) is 3.43. The molecule has 1 aliphatic rings. The summed E-state index contributed by atoms with van der Waals surface area (Å²) < 4.78 is 0. The smallest absolute Gasteiger partial charge is 0.237 e. The minimum absolute atomic E-state index is 0. The Balaban J connectivity index is 0.00000200. The van der Waals surface area contributed by atoms with Gasteiger partial charge in [-0.2, -0.15) is 0 Å². The van der Waals surface area contributed by atoms with Crippen molar-refractivity contribution in [2.45, 2.75) is 38.3 Å². The van der Waals surface area contributed by atoms with Crippen LogP contribution in [0.5, 0.6) is 0 Å². The zero-order valence-electron chi connectivity index (χ0n) is 11.3. The molecular formula is C14H19Cl3N2O. The van der Waals surface area contributed by atoms with Crippen LogP contribution in [0.15, 0.2) is 18.2 Å². The molecule has 0 spiro atoms. The van der Waals surface area contributed by atoms with Crippen molar-refractivity contribution in [3.8, 4) is 0 Å². The van der Waals surface area contributed by atoms with Crippen LogP contribution in [0, 0.1) is 0 Å². The fourth-order valence-electron chi connectivity index (χ4n) is 2.25. The summed E-state index contributed by atoms with van der Waals surface area (Å²) >= 11 is 11.9. The first-order valence-corrected chi connectivity index (χ1v) is 7.32. The summed E-state index contributed by atoms with van der Waals surface area (Å²) in [6.45, 7) is 2.86. The molecular weight excluding hydrogens is 319 g/mol. The molecule has 1 fully saturated rings. The highest BCUT2D eigenvalue weighted by Crippen LogP contribution is 2.25. The van der Waals surface area contributed by atoms with E-state index in [2.05, 4.69) is 10.6 Å². The average Bonchev–Trinajstić information content (AvgIpc) is 2.42. The Morgan fingerprint density at radius 2 is 2.10 bits per heavy atom. The van der Waals surface area contributed by atoms with Gasteiger partial charge in [0.15, 0.2) is 0 Å². The van der Waals surface area contributed by atoms with Gasteiger partial charge in [-0.3, -0.25) is 4.79 Å². The van der Waals surface area contributed by atoms with E-state index in [1.54, 1.807) is 12.1 Å². The van der Waals surface area contributed by atoms with Crippen LogP contribution in [0.1, 0.15) is 37.8 Å². The van der Waals surface area contributed by atoms with E-state index in [0.717, 1.165) is 31.4 Å². The maximum Gasteiger partial charge on any atom is 0.237 e. The molecule has 3 nitrogen and oxygen atoms in total. The Labute approximate surface area is 135 Å². The summed E-state index contributed by atoms with van der Waals surface area (Å²) in [6.07, 6.45) is 3.15. The molecule has 2 unspecified atom stereocenters. The van der Waals surface area contributed by atoms with Crippen molar-refractivity contribution in [1.82, 2.24) is 10.6 Å². The number of hydrogen-bond acceptors (Lipinski definition) is 2. The molecule has 2 rings (SSSR count). The fraction of sp³-hybridized carbons (Fsp3) is 0.500. The number of rotatable bonds is 3. The lowest BCUT2D eigenvalue weighted by Crippen LogP contribution is -2.47. The SMILES string of the molecule is CC(NC(=O)C1CCCCN1)c1ccc(Cl)c(Cl)c1.Cl. The molecule has 2 atom stereocenters. The Bertz CT molecular complexity index is 462. The topological polar surface area (TPSA) is 41.1 Å². The molecule has 2 N–H and O–H groups in total. The normalized spacial score (nSPS) is 19.9. The molecule has 1 saturated heterocycles. The predicted molar refractivity (Wildman–Crippen MR) is 85.9 cm³/mol. The first-order valence-electron chi connectivity index (χ1n) is 6.56. The molecule has 0 saturated carbocycles. The third-order valence-corrected chi connectivity index (χ3v) is 4.17. The number of carbonyl (C=O) groups is 1. The van der Waals surface area contributed by atoms with E-state index in [4.69, 9.17) is 23.2 Å². The monoisotopic (exact) mass is 336 g/mol. The Kier molecular flexibility index (Phi) is 7.10. The first kappa shape index (κ1) is 17.6. The van der Waals surface area contributed by atoms with Gasteiger partial charge in [0.05, 0.1) is 22.1 Å². The number of carbonyl (C=O) groups excluding carboxylic acids is 1. The van der Waals surface area contributed by atoms with Crippen LogP contribution in [0.2, 0.25) is 10.0 Å². The fourth-order valence-corrected chi connectivity index (χ4v) is 2.56. The quantitative estimate of drug-likeness (QED) is 0.882. The van der Waals surface area contributed by atoms with E-state index in [1.165, 1.54) is 0 Å². The van der Waals surface area contributed by atoms with E-state index in [0.29, 0.717) is 10.0 Å². The van der Waals surface area contributed by atoms with Crippen molar-refractivity contribution in [2.24, 2.45) is 0 Å². The molecule has 0 radical (unpaired) electrons. The van der Waals surface area contributed by atoms with Gasteiger partial charge in [0.1, 0.15) is 0 Å². The molecule has 1 aromatic carbocycles. The number of nitrogens with one attached hydrogen (secondary N) is 2. The predicted octanol–water partition coefficient (Wildman–Crippen LogP) is 3.73. The van der Waals surface area contributed by atoms with E-state index < -0.39 is 0 Å². The second-order valence-electron chi connectivity index (χ2n) is 4.91. The van der Waals surface area contributed by atoms with Gasteiger partial charge in [-0.15, -0.1) is 12.4 Å². The van der Waals surface area contributed by atoms with Gasteiger partial charge in [0, 0.05) is 0 Å². The van der Waals surface area contributed by atoms with Crippen molar-refractivity contribution in [3.05, 3.63) is 33.8 Å². The molecule has 1 amide bonds. The van der Waals surface area contributed by atoms with E-state index in [1.807, 2.05) is 13.0 Å². The molecule has 1 aliphatic heterocycles. The molecule has 1 aromatic rings. The summed E-state index contributed by atoms with van der Waals surface area (Å²) in [5.41, 5.74) is 0.957. The number of benzene rings is 1. The Hall–Kier alpha value is -0.480. The lowest BCUT2D eigenvalue weighted by molar-refractivity contribution is -0.124. The third kappa shape index (κ3) is 4.52. The highest BCUT2D eigenvalue weighted by atomic mass is 35.5. The van der Waals surface area contributed by atoms with Gasteiger partial charge < -0.3 is 10.6 Å². The van der Waals surface area contributed by atoms with E-state index >= 15 is 0 Å². The zero-order chi connectivity index (χ0) is 13.8. The minimum atomic E-state index is -0.0778. The van der Waals surface area contributed by atoms with Crippen LogP contribution in [-0.2, 0) is 4.79 Å².